The van der Waals surface area contributed by atoms with Crippen molar-refractivity contribution in [2.24, 2.45) is 0 Å². The number of hydrogen-bond acceptors (Lipinski definition) is 3. The van der Waals surface area contributed by atoms with Crippen LogP contribution in [0.1, 0.15) is 22.8 Å². The first kappa shape index (κ1) is 13.6. The highest BCUT2D eigenvalue weighted by Crippen LogP contribution is 2.31. The largest absolute Gasteiger partial charge is 0.496 e. The maximum Gasteiger partial charge on any atom is 0.125 e. The van der Waals surface area contributed by atoms with E-state index in [2.05, 4.69) is 4.98 Å². The van der Waals surface area contributed by atoms with Gasteiger partial charge in [-0.15, -0.1) is 0 Å². The minimum atomic E-state index is -0.717. The van der Waals surface area contributed by atoms with E-state index in [0.717, 1.165) is 27.6 Å². The first-order valence-electron chi connectivity index (χ1n) is 6.86. The number of pyridine rings is 1. The molecule has 1 aromatic heterocycles. The van der Waals surface area contributed by atoms with Gasteiger partial charge in [-0.3, -0.25) is 4.98 Å². The quantitative estimate of drug-likeness (QED) is 0.796. The zero-order valence-electron chi connectivity index (χ0n) is 12.1. The number of aliphatic hydroxyl groups is 1. The second-order valence-electron chi connectivity index (χ2n) is 5.10. The summed E-state index contributed by atoms with van der Waals surface area (Å²) in [5.74, 6) is 0.703. The molecule has 21 heavy (non-hydrogen) atoms. The number of ether oxygens (including phenoxy) is 1. The number of benzene rings is 2. The molecule has 3 heteroatoms. The highest BCUT2D eigenvalue weighted by molar-refractivity contribution is 5.79. The highest BCUT2D eigenvalue weighted by atomic mass is 16.5. The van der Waals surface area contributed by atoms with Gasteiger partial charge in [0.2, 0.25) is 0 Å². The molecular formula is C18H17NO2. The van der Waals surface area contributed by atoms with Crippen LogP contribution < -0.4 is 4.74 Å². The van der Waals surface area contributed by atoms with Crippen molar-refractivity contribution in [1.82, 2.24) is 4.98 Å². The number of methoxy groups -OCH3 is 1. The number of fused-ring (bicyclic) bond motifs is 1. The van der Waals surface area contributed by atoms with Gasteiger partial charge < -0.3 is 9.84 Å². The van der Waals surface area contributed by atoms with Gasteiger partial charge in [0.15, 0.2) is 0 Å². The molecule has 0 aliphatic heterocycles. The minimum Gasteiger partial charge on any atom is -0.496 e. The number of rotatable bonds is 3. The zero-order chi connectivity index (χ0) is 14.8. The van der Waals surface area contributed by atoms with Crippen LogP contribution in [0.5, 0.6) is 5.75 Å². The second kappa shape index (κ2) is 5.54. The van der Waals surface area contributed by atoms with Crippen molar-refractivity contribution >= 4 is 10.9 Å². The summed E-state index contributed by atoms with van der Waals surface area (Å²) in [5.41, 5.74) is 3.62. The van der Waals surface area contributed by atoms with E-state index in [1.165, 1.54) is 0 Å². The van der Waals surface area contributed by atoms with Crippen LogP contribution in [0, 0.1) is 6.92 Å². The van der Waals surface area contributed by atoms with Crippen LogP contribution in [0.3, 0.4) is 0 Å². The van der Waals surface area contributed by atoms with Crippen LogP contribution >= 0.6 is 0 Å². The van der Waals surface area contributed by atoms with Crippen LogP contribution in [0.2, 0.25) is 0 Å². The number of aromatic nitrogens is 1. The summed E-state index contributed by atoms with van der Waals surface area (Å²) in [5, 5.41) is 11.7. The summed E-state index contributed by atoms with van der Waals surface area (Å²) in [7, 11) is 1.62. The van der Waals surface area contributed by atoms with E-state index >= 15 is 0 Å². The lowest BCUT2D eigenvalue weighted by Crippen LogP contribution is -2.03. The molecule has 0 aliphatic rings. The molecule has 1 atom stereocenters. The van der Waals surface area contributed by atoms with Crippen molar-refractivity contribution in [1.29, 1.82) is 0 Å². The molecule has 2 aromatic carbocycles. The number of aryl methyl sites for hydroxylation is 1. The van der Waals surface area contributed by atoms with Crippen molar-refractivity contribution in [2.45, 2.75) is 13.0 Å². The topological polar surface area (TPSA) is 42.4 Å². The molecule has 3 rings (SSSR count). The molecule has 1 N–H and O–H groups in total. The van der Waals surface area contributed by atoms with Crippen molar-refractivity contribution in [3.05, 3.63) is 71.4 Å². The Labute approximate surface area is 123 Å². The molecule has 1 unspecified atom stereocenters. The summed E-state index contributed by atoms with van der Waals surface area (Å²) in [6.07, 6.45) is 1.05. The Hall–Kier alpha value is -2.39. The van der Waals surface area contributed by atoms with Crippen LogP contribution in [0.15, 0.2) is 54.7 Å². The zero-order valence-corrected chi connectivity index (χ0v) is 12.1. The van der Waals surface area contributed by atoms with Crippen molar-refractivity contribution in [3.8, 4) is 5.75 Å². The van der Waals surface area contributed by atoms with Gasteiger partial charge >= 0.3 is 0 Å². The minimum absolute atomic E-state index is 0.703. The van der Waals surface area contributed by atoms with E-state index in [1.54, 1.807) is 13.3 Å². The predicted octanol–water partition coefficient (Wildman–Crippen LogP) is 3.63. The smallest absolute Gasteiger partial charge is 0.125 e. The summed E-state index contributed by atoms with van der Waals surface area (Å²) >= 11 is 0. The Morgan fingerprint density at radius 1 is 1.10 bits per heavy atom. The average Bonchev–Trinajstić information content (AvgIpc) is 2.53. The third kappa shape index (κ3) is 2.60. The third-order valence-corrected chi connectivity index (χ3v) is 3.63. The fourth-order valence-electron chi connectivity index (χ4n) is 2.49. The SMILES string of the molecule is COc1cc(C)ccc1C(O)c1ccc2ncccc2c1. The van der Waals surface area contributed by atoms with Crippen LogP contribution in [-0.2, 0) is 0 Å². The Kier molecular flexibility index (Phi) is 3.59. The Bertz CT molecular complexity index is 783. The van der Waals surface area contributed by atoms with E-state index in [0.29, 0.717) is 5.75 Å². The van der Waals surface area contributed by atoms with Gasteiger partial charge in [0.05, 0.1) is 12.6 Å². The lowest BCUT2D eigenvalue weighted by atomic mass is 9.98. The van der Waals surface area contributed by atoms with Crippen molar-refractivity contribution in [3.63, 3.8) is 0 Å². The van der Waals surface area contributed by atoms with Gasteiger partial charge in [0.1, 0.15) is 11.9 Å². The van der Waals surface area contributed by atoms with Gasteiger partial charge in [-0.25, -0.2) is 0 Å². The van der Waals surface area contributed by atoms with Gasteiger partial charge in [0.25, 0.3) is 0 Å². The van der Waals surface area contributed by atoms with E-state index in [9.17, 15) is 5.11 Å². The molecule has 0 bridgehead atoms. The summed E-state index contributed by atoms with van der Waals surface area (Å²) in [4.78, 5) is 4.29. The molecule has 0 saturated carbocycles. The normalized spacial score (nSPS) is 12.3. The van der Waals surface area contributed by atoms with Gasteiger partial charge in [-0.2, -0.15) is 0 Å². The molecule has 3 aromatic rings. The highest BCUT2D eigenvalue weighted by Gasteiger charge is 2.16. The van der Waals surface area contributed by atoms with E-state index in [-0.39, 0.29) is 0 Å². The standard InChI is InChI=1S/C18H17NO2/c1-12-5-7-15(17(10-12)21-2)18(20)14-6-8-16-13(11-14)4-3-9-19-16/h3-11,18,20H,1-2H3. The van der Waals surface area contributed by atoms with Crippen LogP contribution in [-0.4, -0.2) is 17.2 Å². The van der Waals surface area contributed by atoms with Crippen LogP contribution in [0.25, 0.3) is 10.9 Å². The molecule has 0 fully saturated rings. The molecule has 0 spiro atoms. The molecule has 106 valence electrons. The predicted molar refractivity (Wildman–Crippen MR) is 83.5 cm³/mol. The van der Waals surface area contributed by atoms with Crippen molar-refractivity contribution in [2.75, 3.05) is 7.11 Å². The molecule has 1 heterocycles. The van der Waals surface area contributed by atoms with Gasteiger partial charge in [0, 0.05) is 17.1 Å². The van der Waals surface area contributed by atoms with E-state index < -0.39 is 6.10 Å². The first-order chi connectivity index (χ1) is 10.2. The summed E-state index contributed by atoms with van der Waals surface area (Å²) in [6.45, 7) is 2.00. The fraction of sp³-hybridized carbons (Fsp3) is 0.167. The third-order valence-electron chi connectivity index (χ3n) is 3.63. The molecule has 0 amide bonds. The van der Waals surface area contributed by atoms with E-state index in [4.69, 9.17) is 4.74 Å². The first-order valence-corrected chi connectivity index (χ1v) is 6.86. The molecule has 3 nitrogen and oxygen atoms in total. The van der Waals surface area contributed by atoms with Crippen molar-refractivity contribution < 1.29 is 9.84 Å². The Balaban J connectivity index is 2.05. The maximum atomic E-state index is 10.7. The Morgan fingerprint density at radius 2 is 1.95 bits per heavy atom. The lowest BCUT2D eigenvalue weighted by Gasteiger charge is -2.16. The fourth-order valence-corrected chi connectivity index (χ4v) is 2.49. The van der Waals surface area contributed by atoms with Crippen LogP contribution in [0.4, 0.5) is 0 Å². The number of hydrogen-bond donors (Lipinski definition) is 1. The molecule has 0 radical (unpaired) electrons. The monoisotopic (exact) mass is 279 g/mol. The molecular weight excluding hydrogens is 262 g/mol. The lowest BCUT2D eigenvalue weighted by molar-refractivity contribution is 0.215. The van der Waals surface area contributed by atoms with Gasteiger partial charge in [-0.1, -0.05) is 24.3 Å². The van der Waals surface area contributed by atoms with E-state index in [1.807, 2.05) is 55.5 Å². The van der Waals surface area contributed by atoms with Gasteiger partial charge in [-0.05, 0) is 42.3 Å². The molecule has 0 aliphatic carbocycles. The molecule has 0 saturated heterocycles. The number of aliphatic hydroxyl groups excluding tert-OH is 1. The Morgan fingerprint density at radius 3 is 2.76 bits per heavy atom. The number of nitrogens with zero attached hydrogens (tertiary/aromatic N) is 1. The summed E-state index contributed by atoms with van der Waals surface area (Å²) < 4.78 is 5.38. The summed E-state index contributed by atoms with van der Waals surface area (Å²) in [6, 6.07) is 15.5. The maximum absolute atomic E-state index is 10.7. The average molecular weight is 279 g/mol. The second-order valence-corrected chi connectivity index (χ2v) is 5.10.